The minimum atomic E-state index is 0.172. The molecule has 142 valence electrons. The van der Waals surface area contributed by atoms with Crippen molar-refractivity contribution >= 4 is 44.3 Å². The van der Waals surface area contributed by atoms with Crippen molar-refractivity contribution in [2.45, 2.75) is 0 Å². The lowest BCUT2D eigenvalue weighted by Gasteiger charge is -2.07. The highest BCUT2D eigenvalue weighted by Gasteiger charge is 2.13. The summed E-state index contributed by atoms with van der Waals surface area (Å²) >= 11 is 6.25. The molecular formula is C25H14ClN3O. The highest BCUT2D eigenvalue weighted by atomic mass is 35.5. The van der Waals surface area contributed by atoms with E-state index in [-0.39, 0.29) is 5.28 Å². The summed E-state index contributed by atoms with van der Waals surface area (Å²) in [5.74, 6) is 1.10. The number of furan rings is 1. The zero-order valence-electron chi connectivity index (χ0n) is 15.7. The molecule has 0 bridgehead atoms. The van der Waals surface area contributed by atoms with Gasteiger partial charge in [0.2, 0.25) is 5.28 Å². The maximum Gasteiger partial charge on any atom is 0.226 e. The van der Waals surface area contributed by atoms with Gasteiger partial charge in [0.1, 0.15) is 11.2 Å². The number of aromatic nitrogens is 3. The molecular weight excluding hydrogens is 394 g/mol. The zero-order valence-corrected chi connectivity index (χ0v) is 16.5. The number of fused-ring (bicyclic) bond motifs is 5. The molecule has 0 saturated carbocycles. The van der Waals surface area contributed by atoms with Gasteiger partial charge in [-0.05, 0) is 40.6 Å². The smallest absolute Gasteiger partial charge is 0.226 e. The van der Waals surface area contributed by atoms with E-state index in [2.05, 4.69) is 39.2 Å². The molecule has 0 aliphatic carbocycles. The first-order valence-corrected chi connectivity index (χ1v) is 9.95. The van der Waals surface area contributed by atoms with E-state index in [9.17, 15) is 0 Å². The molecule has 4 aromatic carbocycles. The average Bonchev–Trinajstić information content (AvgIpc) is 3.18. The molecule has 2 heterocycles. The van der Waals surface area contributed by atoms with Crippen LogP contribution in [-0.4, -0.2) is 15.0 Å². The second kappa shape index (κ2) is 6.65. The zero-order chi connectivity index (χ0) is 20.1. The number of nitrogens with zero attached hydrogens (tertiary/aromatic N) is 3. The molecule has 0 unspecified atom stereocenters. The van der Waals surface area contributed by atoms with E-state index in [1.54, 1.807) is 0 Å². The number of hydrogen-bond acceptors (Lipinski definition) is 4. The Morgan fingerprint density at radius 1 is 0.600 bits per heavy atom. The predicted molar refractivity (Wildman–Crippen MR) is 120 cm³/mol. The van der Waals surface area contributed by atoms with Gasteiger partial charge in [-0.3, -0.25) is 0 Å². The van der Waals surface area contributed by atoms with Crippen molar-refractivity contribution in [2.75, 3.05) is 0 Å². The van der Waals surface area contributed by atoms with E-state index in [4.69, 9.17) is 16.0 Å². The van der Waals surface area contributed by atoms with Crippen LogP contribution in [-0.2, 0) is 0 Å². The second-order valence-electron chi connectivity index (χ2n) is 7.09. The van der Waals surface area contributed by atoms with Crippen LogP contribution >= 0.6 is 11.6 Å². The van der Waals surface area contributed by atoms with Crippen LogP contribution in [0.4, 0.5) is 0 Å². The van der Waals surface area contributed by atoms with Crippen LogP contribution in [0.3, 0.4) is 0 Å². The number of rotatable bonds is 2. The van der Waals surface area contributed by atoms with Gasteiger partial charge < -0.3 is 4.42 Å². The third kappa shape index (κ3) is 2.73. The molecule has 2 aromatic heterocycles. The summed E-state index contributed by atoms with van der Waals surface area (Å²) in [6.45, 7) is 0. The molecule has 0 aliphatic heterocycles. The van der Waals surface area contributed by atoms with Gasteiger partial charge in [0.05, 0.1) is 0 Å². The topological polar surface area (TPSA) is 51.8 Å². The summed E-state index contributed by atoms with van der Waals surface area (Å²) in [7, 11) is 0. The lowest BCUT2D eigenvalue weighted by molar-refractivity contribution is 0.669. The molecule has 0 N–H and O–H groups in total. The summed E-state index contributed by atoms with van der Waals surface area (Å²) < 4.78 is 6.04. The van der Waals surface area contributed by atoms with Gasteiger partial charge >= 0.3 is 0 Å². The fraction of sp³-hybridized carbons (Fsp3) is 0. The fourth-order valence-corrected chi connectivity index (χ4v) is 4.04. The Labute approximate surface area is 176 Å². The van der Waals surface area contributed by atoms with Crippen molar-refractivity contribution in [2.24, 2.45) is 0 Å². The van der Waals surface area contributed by atoms with E-state index in [0.717, 1.165) is 43.8 Å². The summed E-state index contributed by atoms with van der Waals surface area (Å²) in [4.78, 5) is 13.4. The molecule has 0 saturated heterocycles. The minimum absolute atomic E-state index is 0.172. The van der Waals surface area contributed by atoms with Crippen LogP contribution in [0, 0.1) is 0 Å². The molecule has 0 aliphatic rings. The molecule has 5 heteroatoms. The molecule has 0 radical (unpaired) electrons. The van der Waals surface area contributed by atoms with E-state index in [1.807, 2.05) is 60.7 Å². The lowest BCUT2D eigenvalue weighted by Crippen LogP contribution is -1.97. The van der Waals surface area contributed by atoms with E-state index in [1.165, 1.54) is 0 Å². The van der Waals surface area contributed by atoms with Crippen LogP contribution in [0.15, 0.2) is 89.3 Å². The predicted octanol–water partition coefficient (Wildman–Crippen LogP) is 6.91. The standard InChI is InChI=1S/C25H14ClN3O/c26-25-28-23(16-6-2-1-3-7-16)27-24(29-25)17-11-10-15-12-13-21-22(19(15)14-17)18-8-4-5-9-20(18)30-21/h1-14H. The van der Waals surface area contributed by atoms with Crippen molar-refractivity contribution in [3.63, 3.8) is 0 Å². The largest absolute Gasteiger partial charge is 0.456 e. The highest BCUT2D eigenvalue weighted by Crippen LogP contribution is 2.36. The monoisotopic (exact) mass is 407 g/mol. The Kier molecular flexibility index (Phi) is 3.79. The van der Waals surface area contributed by atoms with Crippen molar-refractivity contribution in [3.05, 3.63) is 90.2 Å². The lowest BCUT2D eigenvalue weighted by atomic mass is 10.0. The molecule has 0 atom stereocenters. The molecule has 4 nitrogen and oxygen atoms in total. The number of hydrogen-bond donors (Lipinski definition) is 0. The number of halogens is 1. The Hall–Kier alpha value is -3.76. The van der Waals surface area contributed by atoms with Crippen molar-refractivity contribution in [3.8, 4) is 22.8 Å². The first kappa shape index (κ1) is 17.1. The SMILES string of the molecule is Clc1nc(-c2ccccc2)nc(-c2ccc3ccc4oc5ccccc5c4c3c2)n1. The maximum absolute atomic E-state index is 6.25. The van der Waals surface area contributed by atoms with E-state index in [0.29, 0.717) is 11.6 Å². The van der Waals surface area contributed by atoms with Gasteiger partial charge in [-0.25, -0.2) is 4.98 Å². The summed E-state index contributed by atoms with van der Waals surface area (Å²) in [5, 5.41) is 4.57. The van der Waals surface area contributed by atoms with Gasteiger partial charge in [-0.1, -0.05) is 66.7 Å². The van der Waals surface area contributed by atoms with Crippen molar-refractivity contribution in [1.29, 1.82) is 0 Å². The van der Waals surface area contributed by atoms with Gasteiger partial charge in [-0.2, -0.15) is 9.97 Å². The average molecular weight is 408 g/mol. The van der Waals surface area contributed by atoms with Crippen molar-refractivity contribution < 1.29 is 4.42 Å². The molecule has 0 amide bonds. The van der Waals surface area contributed by atoms with Gasteiger partial charge in [0, 0.05) is 21.9 Å². The summed E-state index contributed by atoms with van der Waals surface area (Å²) in [6, 6.07) is 28.1. The van der Waals surface area contributed by atoms with Crippen LogP contribution in [0.1, 0.15) is 0 Å². The minimum Gasteiger partial charge on any atom is -0.456 e. The van der Waals surface area contributed by atoms with Crippen molar-refractivity contribution in [1.82, 2.24) is 15.0 Å². The van der Waals surface area contributed by atoms with Gasteiger partial charge in [0.25, 0.3) is 0 Å². The van der Waals surface area contributed by atoms with Gasteiger partial charge in [0.15, 0.2) is 11.6 Å². The Morgan fingerprint density at radius 2 is 1.33 bits per heavy atom. The summed E-state index contributed by atoms with van der Waals surface area (Å²) in [5.41, 5.74) is 3.51. The Morgan fingerprint density at radius 3 is 2.20 bits per heavy atom. The van der Waals surface area contributed by atoms with E-state index < -0.39 is 0 Å². The molecule has 6 aromatic rings. The third-order valence-corrected chi connectivity index (χ3v) is 5.43. The fourth-order valence-electron chi connectivity index (χ4n) is 3.88. The first-order valence-electron chi connectivity index (χ1n) is 9.58. The molecule has 0 fully saturated rings. The highest BCUT2D eigenvalue weighted by molar-refractivity contribution is 6.28. The number of benzene rings is 4. The Balaban J connectivity index is 1.60. The van der Waals surface area contributed by atoms with Crippen LogP contribution in [0.2, 0.25) is 5.28 Å². The van der Waals surface area contributed by atoms with Crippen LogP contribution in [0.5, 0.6) is 0 Å². The third-order valence-electron chi connectivity index (χ3n) is 5.26. The summed E-state index contributed by atoms with van der Waals surface area (Å²) in [6.07, 6.45) is 0. The quantitative estimate of drug-likeness (QED) is 0.313. The van der Waals surface area contributed by atoms with Gasteiger partial charge in [-0.15, -0.1) is 0 Å². The normalized spacial score (nSPS) is 11.5. The molecule has 30 heavy (non-hydrogen) atoms. The first-order chi connectivity index (χ1) is 14.8. The van der Waals surface area contributed by atoms with Crippen LogP contribution in [0.25, 0.3) is 55.5 Å². The molecule has 6 rings (SSSR count). The Bertz CT molecular complexity index is 1560. The number of para-hydroxylation sites is 1. The van der Waals surface area contributed by atoms with E-state index >= 15 is 0 Å². The maximum atomic E-state index is 6.25. The molecule has 0 spiro atoms. The second-order valence-corrected chi connectivity index (χ2v) is 7.43. The van der Waals surface area contributed by atoms with Crippen LogP contribution < -0.4 is 0 Å².